The number of halogens is 1. The van der Waals surface area contributed by atoms with E-state index in [9.17, 15) is 14.0 Å². The molecule has 2 amide bonds. The summed E-state index contributed by atoms with van der Waals surface area (Å²) in [5, 5.41) is 2.98. The first-order chi connectivity index (χ1) is 11.1. The lowest BCUT2D eigenvalue weighted by Crippen LogP contribution is -2.42. The van der Waals surface area contributed by atoms with Crippen LogP contribution in [0.3, 0.4) is 0 Å². The maximum atomic E-state index is 12.9. The first-order valence-corrected chi connectivity index (χ1v) is 8.93. The quantitative estimate of drug-likeness (QED) is 0.828. The number of carbonyl (C=O) groups excluding carboxylic acids is 2. The van der Waals surface area contributed by atoms with E-state index in [2.05, 4.69) is 5.32 Å². The smallest absolute Gasteiger partial charge is 0.225 e. The SMILES string of the molecule is O=C(C[C@@H]1C[C@H]2CN(C(=O)C3CC(F)C3)C[C@H]2O1)NCC1CC1. The van der Waals surface area contributed by atoms with Gasteiger partial charge < -0.3 is 15.0 Å². The van der Waals surface area contributed by atoms with Gasteiger partial charge in [-0.25, -0.2) is 4.39 Å². The molecule has 2 heterocycles. The molecule has 2 saturated carbocycles. The standard InChI is InChI=1S/C17H25FN2O3/c18-13-3-11(4-13)17(22)20-8-12-5-14(23-15(12)9-20)6-16(21)19-7-10-1-2-10/h10-15H,1-9H2,(H,19,21)/t11?,12-,13?,14-,15+/m0/s1. The van der Waals surface area contributed by atoms with Gasteiger partial charge in [0.05, 0.1) is 18.6 Å². The summed E-state index contributed by atoms with van der Waals surface area (Å²) in [6, 6.07) is 0. The van der Waals surface area contributed by atoms with Crippen molar-refractivity contribution in [2.24, 2.45) is 17.8 Å². The molecular weight excluding hydrogens is 299 g/mol. The minimum absolute atomic E-state index is 0.0135. The van der Waals surface area contributed by atoms with Gasteiger partial charge in [0.2, 0.25) is 11.8 Å². The third kappa shape index (κ3) is 3.37. The molecule has 0 aromatic heterocycles. The van der Waals surface area contributed by atoms with Gasteiger partial charge in [-0.3, -0.25) is 9.59 Å². The molecule has 4 aliphatic rings. The van der Waals surface area contributed by atoms with Crippen LogP contribution in [0.1, 0.15) is 38.5 Å². The molecule has 1 N–H and O–H groups in total. The van der Waals surface area contributed by atoms with Gasteiger partial charge >= 0.3 is 0 Å². The largest absolute Gasteiger partial charge is 0.372 e. The van der Waals surface area contributed by atoms with Gasteiger partial charge in [-0.05, 0) is 38.0 Å². The fraction of sp³-hybridized carbons (Fsp3) is 0.882. The van der Waals surface area contributed by atoms with Crippen LogP contribution in [0.4, 0.5) is 4.39 Å². The Morgan fingerprint density at radius 3 is 2.61 bits per heavy atom. The maximum Gasteiger partial charge on any atom is 0.225 e. The summed E-state index contributed by atoms with van der Waals surface area (Å²) in [5.74, 6) is 1.08. The zero-order valence-electron chi connectivity index (χ0n) is 13.4. The van der Waals surface area contributed by atoms with Crippen molar-refractivity contribution >= 4 is 11.8 Å². The monoisotopic (exact) mass is 324 g/mol. The van der Waals surface area contributed by atoms with E-state index in [0.717, 1.165) is 13.0 Å². The Balaban J connectivity index is 1.20. The Bertz CT molecular complexity index is 476. The highest BCUT2D eigenvalue weighted by molar-refractivity contribution is 5.80. The molecule has 0 radical (unpaired) electrons. The molecule has 2 saturated heterocycles. The molecule has 3 atom stereocenters. The molecule has 23 heavy (non-hydrogen) atoms. The van der Waals surface area contributed by atoms with Crippen LogP contribution in [-0.2, 0) is 14.3 Å². The molecular formula is C17H25FN2O3. The van der Waals surface area contributed by atoms with Crippen molar-refractivity contribution in [3.63, 3.8) is 0 Å². The fourth-order valence-corrected chi connectivity index (χ4v) is 4.04. The highest BCUT2D eigenvalue weighted by Crippen LogP contribution is 2.38. The lowest BCUT2D eigenvalue weighted by molar-refractivity contribution is -0.140. The minimum Gasteiger partial charge on any atom is -0.372 e. The van der Waals surface area contributed by atoms with Crippen molar-refractivity contribution in [1.29, 1.82) is 0 Å². The molecule has 0 aromatic carbocycles. The maximum absolute atomic E-state index is 12.9. The minimum atomic E-state index is -0.791. The number of rotatable bonds is 5. The Morgan fingerprint density at radius 2 is 1.96 bits per heavy atom. The number of carbonyl (C=O) groups is 2. The number of amides is 2. The van der Waals surface area contributed by atoms with Crippen LogP contribution in [0.15, 0.2) is 0 Å². The van der Waals surface area contributed by atoms with E-state index in [1.54, 1.807) is 0 Å². The number of likely N-dealkylation sites (tertiary alicyclic amines) is 1. The van der Waals surface area contributed by atoms with Crippen LogP contribution in [0, 0.1) is 17.8 Å². The van der Waals surface area contributed by atoms with Crippen LogP contribution in [0.5, 0.6) is 0 Å². The molecule has 2 aliphatic carbocycles. The predicted octanol–water partition coefficient (Wildman–Crippen LogP) is 1.27. The average molecular weight is 324 g/mol. The molecule has 0 spiro atoms. The molecule has 0 bridgehead atoms. The van der Waals surface area contributed by atoms with E-state index in [1.165, 1.54) is 12.8 Å². The van der Waals surface area contributed by atoms with E-state index in [-0.39, 0.29) is 29.9 Å². The molecule has 0 unspecified atom stereocenters. The molecule has 4 rings (SSSR count). The fourth-order valence-electron chi connectivity index (χ4n) is 4.04. The molecule has 4 fully saturated rings. The number of ether oxygens (including phenoxy) is 1. The third-order valence-corrected chi connectivity index (χ3v) is 5.75. The molecule has 6 heteroatoms. The van der Waals surface area contributed by atoms with E-state index in [0.29, 0.717) is 44.2 Å². The van der Waals surface area contributed by atoms with E-state index in [1.807, 2.05) is 4.90 Å². The predicted molar refractivity (Wildman–Crippen MR) is 81.3 cm³/mol. The van der Waals surface area contributed by atoms with Gasteiger partial charge in [-0.2, -0.15) is 0 Å². The first-order valence-electron chi connectivity index (χ1n) is 8.93. The zero-order chi connectivity index (χ0) is 16.0. The molecule has 5 nitrogen and oxygen atoms in total. The number of alkyl halides is 1. The van der Waals surface area contributed by atoms with Crippen molar-refractivity contribution in [3.05, 3.63) is 0 Å². The number of fused-ring (bicyclic) bond motifs is 1. The van der Waals surface area contributed by atoms with Crippen LogP contribution in [0.2, 0.25) is 0 Å². The number of hydrogen-bond donors (Lipinski definition) is 1. The topological polar surface area (TPSA) is 58.6 Å². The number of nitrogens with one attached hydrogen (secondary N) is 1. The Labute approximate surface area is 135 Å². The second kappa shape index (κ2) is 6.04. The number of nitrogens with zero attached hydrogens (tertiary/aromatic N) is 1. The summed E-state index contributed by atoms with van der Waals surface area (Å²) < 4.78 is 18.9. The summed E-state index contributed by atoms with van der Waals surface area (Å²) in [6.07, 6.45) is 3.77. The van der Waals surface area contributed by atoms with Crippen LogP contribution in [-0.4, -0.2) is 54.7 Å². The molecule has 0 aromatic rings. The second-order valence-corrected chi connectivity index (χ2v) is 7.75. The zero-order valence-corrected chi connectivity index (χ0v) is 13.4. The van der Waals surface area contributed by atoms with Crippen LogP contribution >= 0.6 is 0 Å². The second-order valence-electron chi connectivity index (χ2n) is 7.75. The van der Waals surface area contributed by atoms with E-state index in [4.69, 9.17) is 4.74 Å². The van der Waals surface area contributed by atoms with Gasteiger partial charge in [0.25, 0.3) is 0 Å². The van der Waals surface area contributed by atoms with Gasteiger partial charge in [0, 0.05) is 31.5 Å². The molecule has 2 aliphatic heterocycles. The highest BCUT2D eigenvalue weighted by atomic mass is 19.1. The van der Waals surface area contributed by atoms with Crippen molar-refractivity contribution in [1.82, 2.24) is 10.2 Å². The Kier molecular flexibility index (Phi) is 4.03. The normalized spacial score (nSPS) is 39.0. The van der Waals surface area contributed by atoms with Crippen LogP contribution in [0.25, 0.3) is 0 Å². The van der Waals surface area contributed by atoms with E-state index >= 15 is 0 Å². The first kappa shape index (κ1) is 15.4. The van der Waals surface area contributed by atoms with Crippen molar-refractivity contribution in [2.75, 3.05) is 19.6 Å². The van der Waals surface area contributed by atoms with Crippen molar-refractivity contribution < 1.29 is 18.7 Å². The molecule has 128 valence electrons. The van der Waals surface area contributed by atoms with E-state index < -0.39 is 6.17 Å². The summed E-state index contributed by atoms with van der Waals surface area (Å²) in [6.45, 7) is 2.12. The Morgan fingerprint density at radius 1 is 1.17 bits per heavy atom. The van der Waals surface area contributed by atoms with Gasteiger partial charge in [-0.1, -0.05) is 0 Å². The lowest BCUT2D eigenvalue weighted by Gasteiger charge is -2.32. The van der Waals surface area contributed by atoms with Gasteiger partial charge in [-0.15, -0.1) is 0 Å². The summed E-state index contributed by atoms with van der Waals surface area (Å²) in [5.41, 5.74) is 0. The summed E-state index contributed by atoms with van der Waals surface area (Å²) in [7, 11) is 0. The third-order valence-electron chi connectivity index (χ3n) is 5.75. The number of hydrogen-bond acceptors (Lipinski definition) is 3. The van der Waals surface area contributed by atoms with Gasteiger partial charge in [0.1, 0.15) is 6.17 Å². The van der Waals surface area contributed by atoms with Crippen molar-refractivity contribution in [2.45, 2.75) is 56.9 Å². The Hall–Kier alpha value is -1.17. The average Bonchev–Trinajstić information content (AvgIpc) is 3.12. The summed E-state index contributed by atoms with van der Waals surface area (Å²) >= 11 is 0. The summed E-state index contributed by atoms with van der Waals surface area (Å²) in [4.78, 5) is 26.0. The lowest BCUT2D eigenvalue weighted by atomic mass is 9.82. The van der Waals surface area contributed by atoms with Crippen molar-refractivity contribution in [3.8, 4) is 0 Å². The van der Waals surface area contributed by atoms with Gasteiger partial charge in [0.15, 0.2) is 0 Å². The highest BCUT2D eigenvalue weighted by Gasteiger charge is 2.46. The van der Waals surface area contributed by atoms with Crippen LogP contribution < -0.4 is 5.32 Å².